The van der Waals surface area contributed by atoms with Crippen LogP contribution in [-0.2, 0) is 6.54 Å². The third-order valence-electron chi connectivity index (χ3n) is 5.94. The molecule has 0 aliphatic heterocycles. The number of rotatable bonds is 11. The van der Waals surface area contributed by atoms with E-state index in [9.17, 15) is 24.2 Å². The Balaban J connectivity index is 1.53. The number of carbonyl (C=O) groups is 2. The topological polar surface area (TPSA) is 114 Å². The van der Waals surface area contributed by atoms with E-state index >= 15 is 0 Å². The number of hydrazone groups is 1. The first-order valence-corrected chi connectivity index (χ1v) is 13.6. The van der Waals surface area contributed by atoms with E-state index in [1.54, 1.807) is 50.2 Å². The van der Waals surface area contributed by atoms with E-state index in [-0.39, 0.29) is 11.7 Å². The van der Waals surface area contributed by atoms with Crippen LogP contribution in [0.25, 0.3) is 10.1 Å². The molecule has 2 amide bonds. The maximum absolute atomic E-state index is 13.3. The standard InChI is InChI=1S/C30H31FN4O4S/c1-19(36)16-35(17-20(2)37)18-22-6-5-7-23(14-22)28(38)33-30-27(25-8-3-4-9-26(25)40-30)29(39)34-32-15-21-10-12-24(31)13-11-21/h3-15,19-20,36-37H,16-18H2,1-2H3,(H,33,38)(H,34,39). The molecule has 2 atom stereocenters. The number of amides is 2. The molecule has 10 heteroatoms. The van der Waals surface area contributed by atoms with Crippen molar-refractivity contribution in [2.75, 3.05) is 18.4 Å². The van der Waals surface area contributed by atoms with Crippen molar-refractivity contribution >= 4 is 44.5 Å². The van der Waals surface area contributed by atoms with E-state index in [1.165, 1.54) is 29.7 Å². The molecule has 4 N–H and O–H groups in total. The highest BCUT2D eigenvalue weighted by atomic mass is 32.1. The van der Waals surface area contributed by atoms with Gasteiger partial charge in [0.2, 0.25) is 0 Å². The van der Waals surface area contributed by atoms with Gasteiger partial charge in [0.05, 0.1) is 24.0 Å². The molecule has 4 rings (SSSR count). The lowest BCUT2D eigenvalue weighted by Crippen LogP contribution is -2.35. The number of aliphatic hydroxyl groups is 2. The van der Waals surface area contributed by atoms with Crippen LogP contribution in [0.15, 0.2) is 77.9 Å². The van der Waals surface area contributed by atoms with Gasteiger partial charge in [-0.1, -0.05) is 42.5 Å². The summed E-state index contributed by atoms with van der Waals surface area (Å²) in [6, 6.07) is 20.1. The molecule has 0 saturated carbocycles. The Kier molecular flexibility index (Phi) is 9.73. The molecule has 208 valence electrons. The molecule has 2 unspecified atom stereocenters. The molecule has 0 saturated heterocycles. The number of hydrogen-bond donors (Lipinski definition) is 4. The van der Waals surface area contributed by atoms with Gasteiger partial charge in [0.25, 0.3) is 11.8 Å². The minimum Gasteiger partial charge on any atom is -0.392 e. The highest BCUT2D eigenvalue weighted by molar-refractivity contribution is 7.23. The van der Waals surface area contributed by atoms with Gasteiger partial charge < -0.3 is 15.5 Å². The first-order valence-electron chi connectivity index (χ1n) is 12.8. The second-order valence-electron chi connectivity index (χ2n) is 9.60. The van der Waals surface area contributed by atoms with E-state index in [2.05, 4.69) is 15.8 Å². The summed E-state index contributed by atoms with van der Waals surface area (Å²) in [5.41, 5.74) is 4.66. The third kappa shape index (κ3) is 7.80. The Morgan fingerprint density at radius 2 is 1.68 bits per heavy atom. The Hall–Kier alpha value is -3.96. The van der Waals surface area contributed by atoms with Gasteiger partial charge >= 0.3 is 0 Å². The van der Waals surface area contributed by atoms with Gasteiger partial charge in [-0.05, 0) is 55.3 Å². The van der Waals surface area contributed by atoms with Crippen LogP contribution in [0.3, 0.4) is 0 Å². The largest absolute Gasteiger partial charge is 0.392 e. The molecule has 1 aromatic heterocycles. The van der Waals surface area contributed by atoms with Crippen molar-refractivity contribution in [1.82, 2.24) is 10.3 Å². The van der Waals surface area contributed by atoms with Crippen LogP contribution in [0, 0.1) is 5.82 Å². The van der Waals surface area contributed by atoms with E-state index in [4.69, 9.17) is 0 Å². The average Bonchev–Trinajstić information content (AvgIpc) is 3.27. The van der Waals surface area contributed by atoms with Crippen LogP contribution in [0.5, 0.6) is 0 Å². The lowest BCUT2D eigenvalue weighted by atomic mass is 10.1. The maximum Gasteiger partial charge on any atom is 0.275 e. The van der Waals surface area contributed by atoms with Gasteiger partial charge in [0.1, 0.15) is 10.8 Å². The summed E-state index contributed by atoms with van der Waals surface area (Å²) in [5, 5.41) is 27.6. The van der Waals surface area contributed by atoms with Gasteiger partial charge in [-0.3, -0.25) is 14.5 Å². The molecular formula is C30H31FN4O4S. The zero-order valence-electron chi connectivity index (χ0n) is 22.2. The number of hydrogen-bond acceptors (Lipinski definition) is 7. The monoisotopic (exact) mass is 562 g/mol. The van der Waals surface area contributed by atoms with Crippen LogP contribution < -0.4 is 10.7 Å². The van der Waals surface area contributed by atoms with Crippen LogP contribution in [0.2, 0.25) is 0 Å². The Bertz CT molecular complexity index is 1490. The molecule has 0 fully saturated rings. The SMILES string of the molecule is CC(O)CN(Cc1cccc(C(=O)Nc2sc3ccccc3c2C(=O)NN=Cc2ccc(F)cc2)c1)CC(C)O. The number of aliphatic hydroxyl groups excluding tert-OH is 2. The van der Waals surface area contributed by atoms with Crippen molar-refractivity contribution in [1.29, 1.82) is 0 Å². The van der Waals surface area contributed by atoms with E-state index in [0.29, 0.717) is 46.7 Å². The van der Waals surface area contributed by atoms with Crippen molar-refractivity contribution in [3.8, 4) is 0 Å². The molecule has 0 spiro atoms. The summed E-state index contributed by atoms with van der Waals surface area (Å²) in [6.45, 7) is 4.58. The molecule has 0 aliphatic rings. The Morgan fingerprint density at radius 1 is 0.975 bits per heavy atom. The number of nitrogens with zero attached hydrogens (tertiary/aromatic N) is 2. The van der Waals surface area contributed by atoms with Crippen LogP contribution >= 0.6 is 11.3 Å². The van der Waals surface area contributed by atoms with E-state index in [1.807, 2.05) is 29.2 Å². The quantitative estimate of drug-likeness (QED) is 0.157. The van der Waals surface area contributed by atoms with Gasteiger partial charge in [0.15, 0.2) is 0 Å². The molecule has 0 radical (unpaired) electrons. The number of thiophene rings is 1. The van der Waals surface area contributed by atoms with Gasteiger partial charge in [-0.2, -0.15) is 5.10 Å². The van der Waals surface area contributed by atoms with Crippen molar-refractivity contribution in [2.45, 2.75) is 32.6 Å². The number of halogens is 1. The summed E-state index contributed by atoms with van der Waals surface area (Å²) >= 11 is 1.29. The average molecular weight is 563 g/mol. The molecular weight excluding hydrogens is 531 g/mol. The minimum absolute atomic E-state index is 0.293. The fourth-order valence-electron chi connectivity index (χ4n) is 4.32. The minimum atomic E-state index is -0.567. The summed E-state index contributed by atoms with van der Waals surface area (Å²) in [6.07, 6.45) is 0.277. The summed E-state index contributed by atoms with van der Waals surface area (Å²) in [5.74, 6) is -1.24. The molecule has 0 bridgehead atoms. The van der Waals surface area contributed by atoms with Gasteiger partial charge in [-0.15, -0.1) is 11.3 Å². The second-order valence-corrected chi connectivity index (χ2v) is 10.7. The maximum atomic E-state index is 13.3. The molecule has 8 nitrogen and oxygen atoms in total. The predicted molar refractivity (Wildman–Crippen MR) is 156 cm³/mol. The molecule has 4 aromatic rings. The smallest absolute Gasteiger partial charge is 0.275 e. The zero-order chi connectivity index (χ0) is 28.6. The molecule has 1 heterocycles. The molecule has 3 aromatic carbocycles. The molecule has 0 aliphatic carbocycles. The van der Waals surface area contributed by atoms with E-state index < -0.39 is 18.1 Å². The number of carbonyl (C=O) groups excluding carboxylic acids is 2. The highest BCUT2D eigenvalue weighted by Gasteiger charge is 2.21. The normalized spacial score (nSPS) is 13.1. The van der Waals surface area contributed by atoms with Crippen LogP contribution in [0.1, 0.15) is 45.7 Å². The van der Waals surface area contributed by atoms with Crippen molar-refractivity contribution in [3.05, 3.63) is 101 Å². The second kappa shape index (κ2) is 13.4. The predicted octanol–water partition coefficient (Wildman–Crippen LogP) is 4.62. The zero-order valence-corrected chi connectivity index (χ0v) is 23.0. The number of fused-ring (bicyclic) bond motifs is 1. The van der Waals surface area contributed by atoms with Crippen molar-refractivity contribution in [3.63, 3.8) is 0 Å². The van der Waals surface area contributed by atoms with Crippen LogP contribution in [-0.4, -0.2) is 58.4 Å². The van der Waals surface area contributed by atoms with Crippen LogP contribution in [0.4, 0.5) is 9.39 Å². The van der Waals surface area contributed by atoms with Crippen molar-refractivity contribution < 1.29 is 24.2 Å². The van der Waals surface area contributed by atoms with Gasteiger partial charge in [-0.25, -0.2) is 9.82 Å². The lowest BCUT2D eigenvalue weighted by Gasteiger charge is -2.25. The van der Waals surface area contributed by atoms with E-state index in [0.717, 1.165) is 10.3 Å². The number of nitrogens with one attached hydrogen (secondary N) is 2. The van der Waals surface area contributed by atoms with Gasteiger partial charge in [0, 0.05) is 35.3 Å². The fourth-order valence-corrected chi connectivity index (χ4v) is 5.42. The molecule has 40 heavy (non-hydrogen) atoms. The first kappa shape index (κ1) is 29.0. The summed E-state index contributed by atoms with van der Waals surface area (Å²) in [4.78, 5) is 28.4. The Morgan fingerprint density at radius 3 is 2.38 bits per heavy atom. The lowest BCUT2D eigenvalue weighted by molar-refractivity contribution is 0.0793. The summed E-state index contributed by atoms with van der Waals surface area (Å²) < 4.78 is 14.0. The third-order valence-corrected chi connectivity index (χ3v) is 7.03. The van der Waals surface area contributed by atoms with Crippen molar-refractivity contribution in [2.24, 2.45) is 5.10 Å². The number of benzene rings is 3. The fraction of sp³-hybridized carbons (Fsp3) is 0.233. The number of anilines is 1. The Labute approximate surface area is 235 Å². The first-order chi connectivity index (χ1) is 19.2. The summed E-state index contributed by atoms with van der Waals surface area (Å²) in [7, 11) is 0. The highest BCUT2D eigenvalue weighted by Crippen LogP contribution is 2.36.